The molecule has 0 spiro atoms. The SMILES string of the molecule is COc1c(Cl)cc(Cl)cc1/C(O)=C1/C(=O)C(=O)N(CCc2ccc(F)cc2)C1c1ccco1. The predicted molar refractivity (Wildman–Crippen MR) is 121 cm³/mol. The van der Waals surface area contributed by atoms with Crippen molar-refractivity contribution in [3.63, 3.8) is 0 Å². The number of carbonyl (C=O) groups is 2. The van der Waals surface area contributed by atoms with E-state index in [2.05, 4.69) is 0 Å². The molecule has 4 rings (SSSR count). The van der Waals surface area contributed by atoms with Crippen molar-refractivity contribution >= 4 is 40.7 Å². The van der Waals surface area contributed by atoms with E-state index in [1.807, 2.05) is 0 Å². The van der Waals surface area contributed by atoms with Gasteiger partial charge in [-0.05, 0) is 48.4 Å². The molecule has 1 fully saturated rings. The van der Waals surface area contributed by atoms with Crippen molar-refractivity contribution in [2.24, 2.45) is 0 Å². The van der Waals surface area contributed by atoms with Crippen molar-refractivity contribution in [2.75, 3.05) is 13.7 Å². The fraction of sp³-hybridized carbons (Fsp3) is 0.167. The molecule has 3 aromatic rings. The summed E-state index contributed by atoms with van der Waals surface area (Å²) in [4.78, 5) is 27.3. The van der Waals surface area contributed by atoms with Crippen molar-refractivity contribution < 1.29 is 28.2 Å². The van der Waals surface area contributed by atoms with Crippen LogP contribution >= 0.6 is 23.2 Å². The molecule has 1 unspecified atom stereocenters. The average Bonchev–Trinajstić information content (AvgIpc) is 3.40. The third-order valence-corrected chi connectivity index (χ3v) is 5.87. The van der Waals surface area contributed by atoms with E-state index in [-0.39, 0.29) is 39.3 Å². The second kappa shape index (κ2) is 9.29. The van der Waals surface area contributed by atoms with Crippen molar-refractivity contribution in [1.82, 2.24) is 4.90 Å². The molecule has 2 heterocycles. The molecular formula is C24H18Cl2FNO5. The lowest BCUT2D eigenvalue weighted by Gasteiger charge is -2.23. The molecule has 0 bridgehead atoms. The number of ether oxygens (including phenoxy) is 1. The molecule has 1 saturated heterocycles. The Balaban J connectivity index is 1.80. The summed E-state index contributed by atoms with van der Waals surface area (Å²) in [6.07, 6.45) is 1.77. The Morgan fingerprint density at radius 2 is 1.91 bits per heavy atom. The minimum absolute atomic E-state index is 0.0723. The molecule has 1 aliphatic heterocycles. The Kier molecular flexibility index (Phi) is 6.44. The van der Waals surface area contributed by atoms with Gasteiger partial charge in [-0.15, -0.1) is 0 Å². The molecular weight excluding hydrogens is 472 g/mol. The van der Waals surface area contributed by atoms with Gasteiger partial charge >= 0.3 is 0 Å². The smallest absolute Gasteiger partial charge is 0.295 e. The van der Waals surface area contributed by atoms with Crippen molar-refractivity contribution in [1.29, 1.82) is 0 Å². The molecule has 1 aromatic heterocycles. The molecule has 170 valence electrons. The summed E-state index contributed by atoms with van der Waals surface area (Å²) >= 11 is 12.3. The van der Waals surface area contributed by atoms with Crippen LogP contribution in [-0.4, -0.2) is 35.4 Å². The lowest BCUT2D eigenvalue weighted by Crippen LogP contribution is -2.31. The number of furan rings is 1. The summed E-state index contributed by atoms with van der Waals surface area (Å²) in [6.45, 7) is 0.131. The minimum Gasteiger partial charge on any atom is -0.507 e. The van der Waals surface area contributed by atoms with Gasteiger partial charge in [0.25, 0.3) is 11.7 Å². The number of likely N-dealkylation sites (tertiary alicyclic amines) is 1. The fourth-order valence-corrected chi connectivity index (χ4v) is 4.41. The number of aliphatic hydroxyl groups excluding tert-OH is 1. The highest BCUT2D eigenvalue weighted by atomic mass is 35.5. The molecule has 0 saturated carbocycles. The molecule has 1 atom stereocenters. The van der Waals surface area contributed by atoms with Gasteiger partial charge in [-0.3, -0.25) is 9.59 Å². The number of ketones is 1. The Morgan fingerprint density at radius 1 is 1.18 bits per heavy atom. The quantitative estimate of drug-likeness (QED) is 0.285. The van der Waals surface area contributed by atoms with Crippen molar-refractivity contribution in [3.05, 3.63) is 93.1 Å². The zero-order valence-corrected chi connectivity index (χ0v) is 18.9. The molecule has 6 nitrogen and oxygen atoms in total. The number of benzene rings is 2. The van der Waals surface area contributed by atoms with Gasteiger partial charge in [-0.1, -0.05) is 35.3 Å². The van der Waals surface area contributed by atoms with E-state index >= 15 is 0 Å². The Morgan fingerprint density at radius 3 is 2.55 bits per heavy atom. The van der Waals surface area contributed by atoms with Gasteiger partial charge in [-0.2, -0.15) is 0 Å². The van der Waals surface area contributed by atoms with Crippen molar-refractivity contribution in [2.45, 2.75) is 12.5 Å². The first-order chi connectivity index (χ1) is 15.8. The van der Waals surface area contributed by atoms with Crippen LogP contribution in [0.5, 0.6) is 5.75 Å². The number of methoxy groups -OCH3 is 1. The molecule has 2 aromatic carbocycles. The average molecular weight is 490 g/mol. The van der Waals surface area contributed by atoms with Gasteiger partial charge in [0, 0.05) is 11.6 Å². The van der Waals surface area contributed by atoms with Crippen LogP contribution in [0, 0.1) is 5.82 Å². The number of carbonyl (C=O) groups excluding carboxylic acids is 2. The largest absolute Gasteiger partial charge is 0.507 e. The van der Waals surface area contributed by atoms with E-state index in [1.54, 1.807) is 24.3 Å². The van der Waals surface area contributed by atoms with Gasteiger partial charge in [-0.25, -0.2) is 4.39 Å². The number of amides is 1. The predicted octanol–water partition coefficient (Wildman–Crippen LogP) is 5.40. The number of aliphatic hydroxyl groups is 1. The summed E-state index contributed by atoms with van der Waals surface area (Å²) < 4.78 is 24.0. The summed E-state index contributed by atoms with van der Waals surface area (Å²) in [5.74, 6) is -2.14. The second-order valence-electron chi connectivity index (χ2n) is 7.35. The number of Topliss-reactive ketones (excluding diaryl/α,β-unsaturated/α-hetero) is 1. The minimum atomic E-state index is -0.983. The van der Waals surface area contributed by atoms with Crippen LogP contribution in [-0.2, 0) is 16.0 Å². The summed E-state index contributed by atoms with van der Waals surface area (Å²) in [7, 11) is 1.36. The van der Waals surface area contributed by atoms with Gasteiger partial charge in [0.15, 0.2) is 0 Å². The topological polar surface area (TPSA) is 80.0 Å². The molecule has 33 heavy (non-hydrogen) atoms. The molecule has 1 N–H and O–H groups in total. The van der Waals surface area contributed by atoms with Crippen molar-refractivity contribution in [3.8, 4) is 5.75 Å². The number of rotatable bonds is 6. The standard InChI is InChI=1S/C24H18Cl2FNO5/c1-32-23-16(11-14(25)12-17(23)26)21(29)19-20(18-3-2-10-33-18)28(24(31)22(19)30)9-8-13-4-6-15(27)7-5-13/h2-7,10-12,20,29H,8-9H2,1H3/b21-19-. The van der Waals surface area contributed by atoms with Gasteiger partial charge in [0.2, 0.25) is 0 Å². The first-order valence-electron chi connectivity index (χ1n) is 9.91. The van der Waals surface area contributed by atoms with Gasteiger partial charge in [0.1, 0.15) is 29.1 Å². The summed E-state index contributed by atoms with van der Waals surface area (Å²) in [5, 5.41) is 11.5. The first kappa shape index (κ1) is 22.9. The number of hydrogen-bond acceptors (Lipinski definition) is 5. The zero-order valence-electron chi connectivity index (χ0n) is 17.3. The van der Waals surface area contributed by atoms with Crippen LogP contribution < -0.4 is 4.74 Å². The van der Waals surface area contributed by atoms with E-state index in [0.717, 1.165) is 5.56 Å². The Bertz CT molecular complexity index is 1240. The fourth-order valence-electron chi connectivity index (χ4n) is 3.84. The third-order valence-electron chi connectivity index (χ3n) is 5.37. The molecule has 1 amide bonds. The third kappa shape index (κ3) is 4.34. The molecule has 9 heteroatoms. The van der Waals surface area contributed by atoms with E-state index in [1.165, 1.54) is 42.5 Å². The van der Waals surface area contributed by atoms with Crippen LogP contribution in [0.2, 0.25) is 10.0 Å². The van der Waals surface area contributed by atoms with E-state index < -0.39 is 23.5 Å². The lowest BCUT2D eigenvalue weighted by atomic mass is 9.98. The highest BCUT2D eigenvalue weighted by Crippen LogP contribution is 2.43. The number of hydrogen-bond donors (Lipinski definition) is 1. The summed E-state index contributed by atoms with van der Waals surface area (Å²) in [6, 6.07) is 10.9. The highest BCUT2D eigenvalue weighted by Gasteiger charge is 2.47. The first-order valence-corrected chi connectivity index (χ1v) is 10.7. The number of nitrogens with zero attached hydrogens (tertiary/aromatic N) is 1. The van der Waals surface area contributed by atoms with Gasteiger partial charge < -0.3 is 19.2 Å². The molecule has 0 radical (unpaired) electrons. The highest BCUT2D eigenvalue weighted by molar-refractivity contribution is 6.46. The second-order valence-corrected chi connectivity index (χ2v) is 8.20. The number of halogens is 3. The maximum atomic E-state index is 13.2. The monoisotopic (exact) mass is 489 g/mol. The Hall–Kier alpha value is -3.29. The van der Waals surface area contributed by atoms with E-state index in [0.29, 0.717) is 12.2 Å². The maximum Gasteiger partial charge on any atom is 0.295 e. The Labute approximate surface area is 198 Å². The van der Waals surface area contributed by atoms with E-state index in [9.17, 15) is 19.1 Å². The molecule has 1 aliphatic rings. The van der Waals surface area contributed by atoms with E-state index in [4.69, 9.17) is 32.4 Å². The van der Waals surface area contributed by atoms with Gasteiger partial charge in [0.05, 0.1) is 29.5 Å². The van der Waals surface area contributed by atoms with Crippen LogP contribution in [0.3, 0.4) is 0 Å². The van der Waals surface area contributed by atoms with Crippen LogP contribution in [0.15, 0.2) is 64.8 Å². The lowest BCUT2D eigenvalue weighted by molar-refractivity contribution is -0.140. The normalized spacial score (nSPS) is 17.6. The molecule has 0 aliphatic carbocycles. The van der Waals surface area contributed by atoms with Crippen LogP contribution in [0.25, 0.3) is 5.76 Å². The zero-order chi connectivity index (χ0) is 23.7. The summed E-state index contributed by atoms with van der Waals surface area (Å²) in [5.41, 5.74) is 0.675. The van der Waals surface area contributed by atoms with Crippen LogP contribution in [0.4, 0.5) is 4.39 Å². The van der Waals surface area contributed by atoms with Crippen LogP contribution in [0.1, 0.15) is 22.9 Å². The maximum absolute atomic E-state index is 13.2.